The lowest BCUT2D eigenvalue weighted by Crippen LogP contribution is -2.21. The molecule has 5 nitrogen and oxygen atoms in total. The second-order valence-corrected chi connectivity index (χ2v) is 8.11. The first-order valence-corrected chi connectivity index (χ1v) is 11.2. The maximum absolute atomic E-state index is 12.2. The molecule has 3 rings (SSSR count). The SMILES string of the molecule is C/C(=N/NC(=O)CSCc1ccccc1Cl)c1ccc(NC(=O)c2ccccc2)cc1. The summed E-state index contributed by atoms with van der Waals surface area (Å²) in [5.41, 5.74) is 6.38. The van der Waals surface area contributed by atoms with Crippen LogP contribution in [0.4, 0.5) is 5.69 Å². The van der Waals surface area contributed by atoms with Crippen molar-refractivity contribution in [1.82, 2.24) is 5.43 Å². The highest BCUT2D eigenvalue weighted by molar-refractivity contribution is 7.99. The van der Waals surface area contributed by atoms with Crippen LogP contribution in [-0.4, -0.2) is 23.3 Å². The number of hydrogen-bond acceptors (Lipinski definition) is 4. The summed E-state index contributed by atoms with van der Waals surface area (Å²) in [6.07, 6.45) is 0. The molecule has 3 aromatic rings. The first-order valence-electron chi connectivity index (χ1n) is 9.64. The maximum atomic E-state index is 12.2. The van der Waals surface area contributed by atoms with Gasteiger partial charge in [0.25, 0.3) is 5.91 Å². The van der Waals surface area contributed by atoms with Gasteiger partial charge < -0.3 is 5.32 Å². The number of rotatable bonds is 8. The molecule has 158 valence electrons. The van der Waals surface area contributed by atoms with Gasteiger partial charge in [0.05, 0.1) is 11.5 Å². The van der Waals surface area contributed by atoms with Crippen molar-refractivity contribution in [3.63, 3.8) is 0 Å². The van der Waals surface area contributed by atoms with Crippen molar-refractivity contribution in [3.8, 4) is 0 Å². The van der Waals surface area contributed by atoms with Crippen LogP contribution >= 0.6 is 23.4 Å². The van der Waals surface area contributed by atoms with Gasteiger partial charge in [-0.05, 0) is 48.4 Å². The summed E-state index contributed by atoms with van der Waals surface area (Å²) in [7, 11) is 0. The van der Waals surface area contributed by atoms with Gasteiger partial charge in [-0.3, -0.25) is 9.59 Å². The summed E-state index contributed by atoms with van der Waals surface area (Å²) in [5.74, 6) is 0.599. The quantitative estimate of drug-likeness (QED) is 0.357. The van der Waals surface area contributed by atoms with Crippen LogP contribution in [0.15, 0.2) is 84.0 Å². The van der Waals surface area contributed by atoms with Crippen molar-refractivity contribution in [1.29, 1.82) is 0 Å². The molecule has 0 unspecified atom stereocenters. The minimum absolute atomic E-state index is 0.166. The fraction of sp³-hybridized carbons (Fsp3) is 0.125. The van der Waals surface area contributed by atoms with E-state index in [9.17, 15) is 9.59 Å². The molecular weight excluding hydrogens is 430 g/mol. The lowest BCUT2D eigenvalue weighted by atomic mass is 10.1. The molecule has 0 saturated heterocycles. The Morgan fingerprint density at radius 3 is 2.29 bits per heavy atom. The van der Waals surface area contributed by atoms with Gasteiger partial charge >= 0.3 is 0 Å². The fourth-order valence-corrected chi connectivity index (χ4v) is 3.81. The van der Waals surface area contributed by atoms with Crippen molar-refractivity contribution in [2.75, 3.05) is 11.1 Å². The van der Waals surface area contributed by atoms with E-state index in [1.807, 2.05) is 61.5 Å². The third-order valence-corrected chi connectivity index (χ3v) is 5.74. The Labute approximate surface area is 190 Å². The molecule has 0 spiro atoms. The fourth-order valence-electron chi connectivity index (χ4n) is 2.70. The standard InChI is InChI=1S/C24H22ClN3O2S/c1-17(27-28-23(29)16-31-15-20-9-5-6-10-22(20)25)18-11-13-21(14-12-18)26-24(30)19-7-3-2-4-8-19/h2-14H,15-16H2,1H3,(H,26,30)(H,28,29)/b27-17-. The molecule has 2 amide bonds. The van der Waals surface area contributed by atoms with Crippen LogP contribution in [-0.2, 0) is 10.5 Å². The molecule has 0 saturated carbocycles. The zero-order valence-corrected chi connectivity index (χ0v) is 18.5. The van der Waals surface area contributed by atoms with Crippen LogP contribution in [0.3, 0.4) is 0 Å². The van der Waals surface area contributed by atoms with Crippen molar-refractivity contribution < 1.29 is 9.59 Å². The molecule has 0 heterocycles. The van der Waals surface area contributed by atoms with Crippen molar-refractivity contribution >= 4 is 46.6 Å². The Hall–Kier alpha value is -3.09. The molecule has 31 heavy (non-hydrogen) atoms. The van der Waals surface area contributed by atoms with Gasteiger partial charge in [-0.1, -0.05) is 60.1 Å². The van der Waals surface area contributed by atoms with Gasteiger partial charge in [-0.15, -0.1) is 11.8 Å². The summed E-state index contributed by atoms with van der Waals surface area (Å²) < 4.78 is 0. The molecular formula is C24H22ClN3O2S. The van der Waals surface area contributed by atoms with Gasteiger partial charge in [0.2, 0.25) is 5.91 Å². The monoisotopic (exact) mass is 451 g/mol. The summed E-state index contributed by atoms with van der Waals surface area (Å²) >= 11 is 7.60. The molecule has 3 aromatic carbocycles. The molecule has 0 aromatic heterocycles. The van der Waals surface area contributed by atoms with Gasteiger partial charge in [-0.25, -0.2) is 5.43 Å². The molecule has 0 atom stereocenters. The molecule has 7 heteroatoms. The van der Waals surface area contributed by atoms with Gasteiger partial charge in [0.1, 0.15) is 0 Å². The maximum Gasteiger partial charge on any atom is 0.255 e. The zero-order chi connectivity index (χ0) is 22.1. The predicted molar refractivity (Wildman–Crippen MR) is 129 cm³/mol. The number of nitrogens with one attached hydrogen (secondary N) is 2. The van der Waals surface area contributed by atoms with Crippen molar-refractivity contribution in [2.45, 2.75) is 12.7 Å². The minimum Gasteiger partial charge on any atom is -0.322 e. The first kappa shape index (κ1) is 22.6. The van der Waals surface area contributed by atoms with E-state index in [1.165, 1.54) is 11.8 Å². The van der Waals surface area contributed by atoms with Crippen LogP contribution in [0.1, 0.15) is 28.4 Å². The van der Waals surface area contributed by atoms with Crippen molar-refractivity contribution in [2.24, 2.45) is 5.10 Å². The largest absolute Gasteiger partial charge is 0.322 e. The molecule has 0 aliphatic carbocycles. The molecule has 0 aliphatic heterocycles. The number of hydrazone groups is 1. The number of nitrogens with zero attached hydrogens (tertiary/aromatic N) is 1. The first-order chi connectivity index (χ1) is 15.0. The van der Waals surface area contributed by atoms with Crippen LogP contribution in [0.5, 0.6) is 0 Å². The number of carbonyl (C=O) groups is 2. The summed E-state index contributed by atoms with van der Waals surface area (Å²) in [5, 5.41) is 7.72. The second-order valence-electron chi connectivity index (χ2n) is 6.71. The third kappa shape index (κ3) is 6.98. The number of thioether (sulfide) groups is 1. The predicted octanol–water partition coefficient (Wildman–Crippen LogP) is 5.37. The zero-order valence-electron chi connectivity index (χ0n) is 17.0. The Morgan fingerprint density at radius 1 is 0.903 bits per heavy atom. The lowest BCUT2D eigenvalue weighted by molar-refractivity contribution is -0.118. The third-order valence-electron chi connectivity index (χ3n) is 4.39. The van der Waals surface area contributed by atoms with Gasteiger partial charge in [-0.2, -0.15) is 5.10 Å². The molecule has 2 N–H and O–H groups in total. The van der Waals surface area contributed by atoms with Crippen LogP contribution in [0, 0.1) is 0 Å². The van der Waals surface area contributed by atoms with Crippen LogP contribution < -0.4 is 10.7 Å². The Morgan fingerprint density at radius 2 is 1.58 bits per heavy atom. The normalized spacial score (nSPS) is 11.1. The summed E-state index contributed by atoms with van der Waals surface area (Å²) in [6, 6.07) is 23.9. The number of hydrogen-bond donors (Lipinski definition) is 2. The Kier molecular flexibility index (Phi) is 8.27. The molecule has 0 aliphatic rings. The number of amides is 2. The number of benzene rings is 3. The number of anilines is 1. The van der Waals surface area contributed by atoms with E-state index < -0.39 is 0 Å². The molecule has 0 fully saturated rings. The second kappa shape index (κ2) is 11.3. The van der Waals surface area contributed by atoms with Crippen LogP contribution in [0.25, 0.3) is 0 Å². The number of halogens is 1. The summed E-state index contributed by atoms with van der Waals surface area (Å²) in [6.45, 7) is 1.81. The highest BCUT2D eigenvalue weighted by Gasteiger charge is 2.07. The highest BCUT2D eigenvalue weighted by Crippen LogP contribution is 2.20. The van der Waals surface area contributed by atoms with Gasteiger partial charge in [0, 0.05) is 22.0 Å². The molecule has 0 bridgehead atoms. The smallest absolute Gasteiger partial charge is 0.255 e. The lowest BCUT2D eigenvalue weighted by Gasteiger charge is -2.07. The van der Waals surface area contributed by atoms with E-state index in [4.69, 9.17) is 11.6 Å². The molecule has 0 radical (unpaired) electrons. The van der Waals surface area contributed by atoms with Gasteiger partial charge in [0.15, 0.2) is 0 Å². The Balaban J connectivity index is 1.47. The number of carbonyl (C=O) groups excluding carboxylic acids is 2. The average molecular weight is 452 g/mol. The minimum atomic E-state index is -0.178. The van der Waals surface area contributed by atoms with E-state index in [2.05, 4.69) is 15.8 Å². The van der Waals surface area contributed by atoms with E-state index in [0.29, 0.717) is 27.7 Å². The highest BCUT2D eigenvalue weighted by atomic mass is 35.5. The van der Waals surface area contributed by atoms with E-state index >= 15 is 0 Å². The van der Waals surface area contributed by atoms with E-state index in [1.54, 1.807) is 24.3 Å². The summed E-state index contributed by atoms with van der Waals surface area (Å²) in [4.78, 5) is 24.3. The van der Waals surface area contributed by atoms with E-state index in [-0.39, 0.29) is 17.6 Å². The van der Waals surface area contributed by atoms with Crippen molar-refractivity contribution in [3.05, 3.63) is 101 Å². The van der Waals surface area contributed by atoms with Crippen LogP contribution in [0.2, 0.25) is 5.02 Å². The Bertz CT molecular complexity index is 1070. The average Bonchev–Trinajstić information content (AvgIpc) is 2.80. The topological polar surface area (TPSA) is 70.6 Å². The van der Waals surface area contributed by atoms with E-state index in [0.717, 1.165) is 11.1 Å².